The number of halogens is 1. The van der Waals surface area contributed by atoms with E-state index in [1.807, 2.05) is 30.3 Å². The number of aromatic nitrogens is 1. The number of pyridine rings is 1. The Kier molecular flexibility index (Phi) is 4.18. The van der Waals surface area contributed by atoms with Crippen LogP contribution in [0.25, 0.3) is 0 Å². The van der Waals surface area contributed by atoms with Crippen LogP contribution in [-0.4, -0.2) is 12.1 Å². The number of hydrogen-bond donors (Lipinski definition) is 1. The van der Waals surface area contributed by atoms with Crippen LogP contribution >= 0.6 is 11.6 Å². The average molecular weight is 263 g/mol. The van der Waals surface area contributed by atoms with E-state index in [9.17, 15) is 0 Å². The lowest BCUT2D eigenvalue weighted by atomic mass is 10.00. The van der Waals surface area contributed by atoms with Crippen molar-refractivity contribution in [3.05, 3.63) is 58.9 Å². The molecule has 1 aromatic carbocycles. The molecule has 2 rings (SSSR count). The first-order valence-electron chi connectivity index (χ1n) is 5.69. The largest absolute Gasteiger partial charge is 0.496 e. The molecular formula is C14H15ClN2O. The van der Waals surface area contributed by atoms with Crippen molar-refractivity contribution in [2.24, 2.45) is 5.73 Å². The molecule has 18 heavy (non-hydrogen) atoms. The zero-order chi connectivity index (χ0) is 13.0. The third-order valence-corrected chi connectivity index (χ3v) is 3.15. The Hall–Kier alpha value is -1.58. The van der Waals surface area contributed by atoms with Crippen molar-refractivity contribution in [1.82, 2.24) is 4.98 Å². The first kappa shape index (κ1) is 12.9. The number of hydrogen-bond acceptors (Lipinski definition) is 3. The van der Waals surface area contributed by atoms with E-state index < -0.39 is 0 Å². The van der Waals surface area contributed by atoms with Gasteiger partial charge in [0.25, 0.3) is 0 Å². The molecule has 0 amide bonds. The highest BCUT2D eigenvalue weighted by atomic mass is 35.5. The van der Waals surface area contributed by atoms with E-state index >= 15 is 0 Å². The zero-order valence-corrected chi connectivity index (χ0v) is 10.9. The smallest absolute Gasteiger partial charge is 0.122 e. The van der Waals surface area contributed by atoms with Gasteiger partial charge >= 0.3 is 0 Å². The van der Waals surface area contributed by atoms with E-state index in [0.717, 1.165) is 16.9 Å². The average Bonchev–Trinajstić information content (AvgIpc) is 2.39. The molecular weight excluding hydrogens is 248 g/mol. The molecule has 94 valence electrons. The summed E-state index contributed by atoms with van der Waals surface area (Å²) in [5.74, 6) is 0.845. The summed E-state index contributed by atoms with van der Waals surface area (Å²) in [6.45, 7) is 0. The number of nitrogens with two attached hydrogens (primary N) is 1. The fourth-order valence-corrected chi connectivity index (χ4v) is 2.16. The van der Waals surface area contributed by atoms with Gasteiger partial charge in [-0.2, -0.15) is 0 Å². The number of nitrogens with zero attached hydrogens (tertiary/aromatic N) is 1. The van der Waals surface area contributed by atoms with Crippen LogP contribution in [-0.2, 0) is 6.42 Å². The highest BCUT2D eigenvalue weighted by molar-refractivity contribution is 6.31. The first-order valence-corrected chi connectivity index (χ1v) is 6.07. The van der Waals surface area contributed by atoms with Crippen molar-refractivity contribution in [2.45, 2.75) is 12.5 Å². The van der Waals surface area contributed by atoms with Crippen molar-refractivity contribution >= 4 is 11.6 Å². The zero-order valence-electron chi connectivity index (χ0n) is 10.1. The number of rotatable bonds is 4. The lowest BCUT2D eigenvalue weighted by Crippen LogP contribution is -2.14. The molecule has 0 aliphatic heterocycles. The van der Waals surface area contributed by atoms with Crippen molar-refractivity contribution in [3.8, 4) is 5.75 Å². The Morgan fingerprint density at radius 2 is 2.11 bits per heavy atom. The predicted molar refractivity (Wildman–Crippen MR) is 72.9 cm³/mol. The van der Waals surface area contributed by atoms with Crippen LogP contribution in [0.5, 0.6) is 5.75 Å². The molecule has 4 heteroatoms. The molecule has 0 bridgehead atoms. The summed E-state index contributed by atoms with van der Waals surface area (Å²) in [5.41, 5.74) is 8.15. The van der Waals surface area contributed by atoms with E-state index in [1.165, 1.54) is 0 Å². The third-order valence-electron chi connectivity index (χ3n) is 2.84. The van der Waals surface area contributed by atoms with Gasteiger partial charge in [-0.05, 0) is 29.7 Å². The van der Waals surface area contributed by atoms with Crippen LogP contribution in [0.2, 0.25) is 5.02 Å². The quantitative estimate of drug-likeness (QED) is 0.922. The maximum atomic E-state index is 6.18. The van der Waals surface area contributed by atoms with E-state index in [2.05, 4.69) is 4.98 Å². The van der Waals surface area contributed by atoms with E-state index in [4.69, 9.17) is 22.1 Å². The fourth-order valence-electron chi connectivity index (χ4n) is 1.91. The Balaban J connectivity index is 2.21. The van der Waals surface area contributed by atoms with Crippen LogP contribution in [0.4, 0.5) is 0 Å². The molecule has 0 saturated heterocycles. The molecule has 0 fully saturated rings. The molecule has 1 aromatic heterocycles. The van der Waals surface area contributed by atoms with Crippen LogP contribution in [0, 0.1) is 0 Å². The van der Waals surface area contributed by atoms with Gasteiger partial charge in [-0.25, -0.2) is 0 Å². The molecule has 1 unspecified atom stereocenters. The van der Waals surface area contributed by atoms with Crippen LogP contribution in [0.1, 0.15) is 17.2 Å². The van der Waals surface area contributed by atoms with Crippen LogP contribution in [0.15, 0.2) is 42.7 Å². The van der Waals surface area contributed by atoms with Gasteiger partial charge in [-0.3, -0.25) is 4.98 Å². The first-order chi connectivity index (χ1) is 8.72. The molecule has 1 atom stereocenters. The second-order valence-corrected chi connectivity index (χ2v) is 4.43. The third kappa shape index (κ3) is 2.81. The van der Waals surface area contributed by atoms with Crippen molar-refractivity contribution in [3.63, 3.8) is 0 Å². The molecule has 0 radical (unpaired) electrons. The summed E-state index contributed by atoms with van der Waals surface area (Å²) in [7, 11) is 1.66. The van der Waals surface area contributed by atoms with Gasteiger partial charge in [0.05, 0.1) is 12.1 Å². The molecule has 2 N–H and O–H groups in total. The summed E-state index contributed by atoms with van der Waals surface area (Å²) in [4.78, 5) is 3.96. The molecule has 2 aromatic rings. The Labute approximate surface area is 112 Å². The van der Waals surface area contributed by atoms with Gasteiger partial charge in [-0.15, -0.1) is 0 Å². The van der Waals surface area contributed by atoms with Gasteiger partial charge in [0, 0.05) is 18.4 Å². The highest BCUT2D eigenvalue weighted by Crippen LogP contribution is 2.26. The van der Waals surface area contributed by atoms with Gasteiger partial charge in [0.15, 0.2) is 0 Å². The van der Waals surface area contributed by atoms with E-state index in [0.29, 0.717) is 11.4 Å². The summed E-state index contributed by atoms with van der Waals surface area (Å²) >= 11 is 6.09. The molecule has 0 aliphatic rings. The molecule has 0 saturated carbocycles. The second kappa shape index (κ2) is 5.85. The Morgan fingerprint density at radius 1 is 1.33 bits per heavy atom. The van der Waals surface area contributed by atoms with Crippen LogP contribution in [0.3, 0.4) is 0 Å². The van der Waals surface area contributed by atoms with Gasteiger partial charge in [-0.1, -0.05) is 29.8 Å². The number of para-hydroxylation sites is 1. The molecule has 3 nitrogen and oxygen atoms in total. The van der Waals surface area contributed by atoms with E-state index in [-0.39, 0.29) is 6.04 Å². The SMILES string of the molecule is COc1ccccc1CC(N)c1ccncc1Cl. The van der Waals surface area contributed by atoms with Crippen LogP contribution < -0.4 is 10.5 Å². The minimum Gasteiger partial charge on any atom is -0.496 e. The fraction of sp³-hybridized carbons (Fsp3) is 0.214. The lowest BCUT2D eigenvalue weighted by Gasteiger charge is -2.15. The Bertz CT molecular complexity index is 531. The normalized spacial score (nSPS) is 12.2. The van der Waals surface area contributed by atoms with Gasteiger partial charge in [0.2, 0.25) is 0 Å². The van der Waals surface area contributed by atoms with Gasteiger partial charge in [0.1, 0.15) is 5.75 Å². The summed E-state index contributed by atoms with van der Waals surface area (Å²) in [5, 5.41) is 0.597. The minimum atomic E-state index is -0.170. The minimum absolute atomic E-state index is 0.170. The topological polar surface area (TPSA) is 48.1 Å². The summed E-state index contributed by atoms with van der Waals surface area (Å²) in [6.07, 6.45) is 3.98. The van der Waals surface area contributed by atoms with E-state index in [1.54, 1.807) is 19.5 Å². The maximum Gasteiger partial charge on any atom is 0.122 e. The molecule has 0 spiro atoms. The Morgan fingerprint density at radius 3 is 2.83 bits per heavy atom. The summed E-state index contributed by atoms with van der Waals surface area (Å²) in [6, 6.07) is 9.52. The number of benzene rings is 1. The number of ether oxygens (including phenoxy) is 1. The molecule has 1 heterocycles. The van der Waals surface area contributed by atoms with Crippen molar-refractivity contribution in [1.29, 1.82) is 0 Å². The standard InChI is InChI=1S/C14H15ClN2O/c1-18-14-5-3-2-4-10(14)8-13(16)11-6-7-17-9-12(11)15/h2-7,9,13H,8,16H2,1H3. The lowest BCUT2D eigenvalue weighted by molar-refractivity contribution is 0.408. The second-order valence-electron chi connectivity index (χ2n) is 4.02. The summed E-state index contributed by atoms with van der Waals surface area (Å²) < 4.78 is 5.31. The number of methoxy groups -OCH3 is 1. The maximum absolute atomic E-state index is 6.18. The van der Waals surface area contributed by atoms with Gasteiger partial charge < -0.3 is 10.5 Å². The van der Waals surface area contributed by atoms with Crippen molar-refractivity contribution in [2.75, 3.05) is 7.11 Å². The monoisotopic (exact) mass is 262 g/mol. The highest BCUT2D eigenvalue weighted by Gasteiger charge is 2.13. The molecule has 0 aliphatic carbocycles. The van der Waals surface area contributed by atoms with Crippen molar-refractivity contribution < 1.29 is 4.74 Å². The predicted octanol–water partition coefficient (Wildman–Crippen LogP) is 2.99.